The molecule has 1 saturated carbocycles. The van der Waals surface area contributed by atoms with Gasteiger partial charge >= 0.3 is 5.97 Å². The number of ether oxygens (including phenoxy) is 1. The van der Waals surface area contributed by atoms with E-state index in [2.05, 4.69) is 33.0 Å². The quantitative estimate of drug-likeness (QED) is 0.482. The van der Waals surface area contributed by atoms with Crippen LogP contribution in [-0.4, -0.2) is 61.7 Å². The molecule has 8 heteroatoms. The first-order valence-electron chi connectivity index (χ1n) is 12.5. The summed E-state index contributed by atoms with van der Waals surface area (Å²) in [6.45, 7) is 14.3. The summed E-state index contributed by atoms with van der Waals surface area (Å²) < 4.78 is 6.05. The third-order valence-corrected chi connectivity index (χ3v) is 9.39. The van der Waals surface area contributed by atoms with Gasteiger partial charge in [0.25, 0.3) is 5.91 Å². The molecule has 7 nitrogen and oxygen atoms in total. The highest BCUT2D eigenvalue weighted by Gasteiger charge is 2.64. The fourth-order valence-corrected chi connectivity index (χ4v) is 7.39. The number of carbonyl (C=O) groups excluding carboxylic acids is 2. The molecule has 0 bridgehead atoms. The number of hydrogen-bond acceptors (Lipinski definition) is 5. The molecule has 2 saturated heterocycles. The van der Waals surface area contributed by atoms with Crippen molar-refractivity contribution in [3.63, 3.8) is 0 Å². The van der Waals surface area contributed by atoms with Crippen LogP contribution in [0.5, 0.6) is 0 Å². The highest BCUT2D eigenvalue weighted by molar-refractivity contribution is 8.01. The SMILES string of the molecule is CCCC[C@](C)(O[C@@H]1C[C@H](C)CC[C@@H]1C(C)C)C(=O)N[C@@H]1C(=O)N2[C@@H]1SC(C)(C)[C@H]2C(=O)O. The monoisotopic (exact) mass is 482 g/mol. The number of β-lactam (4-membered cyclic amide) rings is 1. The summed E-state index contributed by atoms with van der Waals surface area (Å²) in [7, 11) is 0. The summed E-state index contributed by atoms with van der Waals surface area (Å²) in [5, 5.41) is 12.2. The first kappa shape index (κ1) is 26.3. The fraction of sp³-hybridized carbons (Fsp3) is 0.880. The van der Waals surface area contributed by atoms with E-state index in [-0.39, 0.29) is 23.3 Å². The van der Waals surface area contributed by atoms with Gasteiger partial charge in [0, 0.05) is 4.75 Å². The number of nitrogens with one attached hydrogen (secondary N) is 1. The van der Waals surface area contributed by atoms with Crippen LogP contribution in [-0.2, 0) is 19.1 Å². The number of carboxylic acid groups (broad SMARTS) is 1. The second-order valence-electron chi connectivity index (χ2n) is 11.4. The first-order chi connectivity index (χ1) is 15.3. The van der Waals surface area contributed by atoms with Gasteiger partial charge in [-0.1, -0.05) is 47.0 Å². The number of rotatable bonds is 9. The molecule has 2 N–H and O–H groups in total. The Morgan fingerprint density at radius 1 is 1.33 bits per heavy atom. The van der Waals surface area contributed by atoms with Crippen molar-refractivity contribution in [2.45, 2.75) is 121 Å². The van der Waals surface area contributed by atoms with Crippen LogP contribution >= 0.6 is 11.8 Å². The number of amides is 2. The maximum absolute atomic E-state index is 13.6. The van der Waals surface area contributed by atoms with Crippen LogP contribution in [0.25, 0.3) is 0 Å². The molecule has 188 valence electrons. The molecule has 0 aromatic rings. The van der Waals surface area contributed by atoms with E-state index in [1.54, 1.807) is 0 Å². The largest absolute Gasteiger partial charge is 0.480 e. The summed E-state index contributed by atoms with van der Waals surface area (Å²) in [5.74, 6) is -0.119. The number of hydrogen-bond donors (Lipinski definition) is 2. The Bertz CT molecular complexity index is 772. The van der Waals surface area contributed by atoms with Crippen molar-refractivity contribution in [1.29, 1.82) is 0 Å². The van der Waals surface area contributed by atoms with Gasteiger partial charge in [0.05, 0.1) is 6.10 Å². The number of carboxylic acids is 1. The van der Waals surface area contributed by atoms with E-state index in [9.17, 15) is 19.5 Å². The van der Waals surface area contributed by atoms with E-state index in [1.807, 2.05) is 20.8 Å². The van der Waals surface area contributed by atoms with Crippen molar-refractivity contribution >= 4 is 29.5 Å². The number of aliphatic carboxylic acids is 1. The summed E-state index contributed by atoms with van der Waals surface area (Å²) in [5.41, 5.74) is -1.02. The molecule has 0 aromatic heterocycles. The van der Waals surface area contributed by atoms with Gasteiger partial charge in [-0.2, -0.15) is 0 Å². The molecule has 2 amide bonds. The second-order valence-corrected chi connectivity index (χ2v) is 13.1. The topological polar surface area (TPSA) is 95.9 Å². The predicted molar refractivity (Wildman–Crippen MR) is 130 cm³/mol. The zero-order chi connectivity index (χ0) is 24.7. The molecule has 1 aliphatic carbocycles. The number of carbonyl (C=O) groups is 3. The smallest absolute Gasteiger partial charge is 0.327 e. The van der Waals surface area contributed by atoms with E-state index < -0.39 is 28.4 Å². The van der Waals surface area contributed by atoms with E-state index in [4.69, 9.17) is 4.74 Å². The minimum atomic E-state index is -1.02. The van der Waals surface area contributed by atoms with Gasteiger partial charge < -0.3 is 20.1 Å². The zero-order valence-corrected chi connectivity index (χ0v) is 22.0. The first-order valence-corrected chi connectivity index (χ1v) is 13.4. The Kier molecular flexibility index (Phi) is 7.79. The Hall–Kier alpha value is -1.28. The molecular weight excluding hydrogens is 440 g/mol. The lowest BCUT2D eigenvalue weighted by atomic mass is 9.75. The van der Waals surface area contributed by atoms with E-state index in [0.717, 1.165) is 25.7 Å². The van der Waals surface area contributed by atoms with E-state index in [0.29, 0.717) is 24.2 Å². The third-order valence-electron chi connectivity index (χ3n) is 7.82. The number of fused-ring (bicyclic) bond motifs is 1. The van der Waals surface area contributed by atoms with Gasteiger partial charge in [-0.25, -0.2) is 4.79 Å². The number of unbranched alkanes of at least 4 members (excludes halogenated alkanes) is 1. The van der Waals surface area contributed by atoms with Gasteiger partial charge in [-0.05, 0) is 57.8 Å². The molecule has 7 atom stereocenters. The Labute approximate surface area is 202 Å². The molecule has 0 radical (unpaired) electrons. The molecular formula is C25H42N2O5S. The van der Waals surface area contributed by atoms with Crippen LogP contribution in [0.4, 0.5) is 0 Å². The summed E-state index contributed by atoms with van der Waals surface area (Å²) in [4.78, 5) is 39.7. The Morgan fingerprint density at radius 2 is 2.00 bits per heavy atom. The van der Waals surface area contributed by atoms with Crippen LogP contribution < -0.4 is 5.32 Å². The number of thioether (sulfide) groups is 1. The van der Waals surface area contributed by atoms with Crippen molar-refractivity contribution in [3.05, 3.63) is 0 Å². The fourth-order valence-electron chi connectivity index (χ4n) is 5.76. The van der Waals surface area contributed by atoms with Gasteiger partial charge in [0.2, 0.25) is 5.91 Å². The predicted octanol–water partition coefficient (Wildman–Crippen LogP) is 4.04. The van der Waals surface area contributed by atoms with Crippen LogP contribution in [0.15, 0.2) is 0 Å². The van der Waals surface area contributed by atoms with Crippen LogP contribution in [0.2, 0.25) is 0 Å². The Morgan fingerprint density at radius 3 is 2.58 bits per heavy atom. The summed E-state index contributed by atoms with van der Waals surface area (Å²) >= 11 is 1.45. The van der Waals surface area contributed by atoms with Crippen molar-refractivity contribution < 1.29 is 24.2 Å². The molecule has 3 rings (SSSR count). The average Bonchev–Trinajstić information content (AvgIpc) is 2.98. The van der Waals surface area contributed by atoms with Gasteiger partial charge in [-0.15, -0.1) is 11.8 Å². The lowest BCUT2D eigenvalue weighted by molar-refractivity contribution is -0.172. The van der Waals surface area contributed by atoms with Crippen molar-refractivity contribution in [2.75, 3.05) is 0 Å². The van der Waals surface area contributed by atoms with Crippen LogP contribution in [0.3, 0.4) is 0 Å². The lowest BCUT2D eigenvalue weighted by Crippen LogP contribution is -2.72. The zero-order valence-electron chi connectivity index (χ0n) is 21.2. The molecule has 2 heterocycles. The van der Waals surface area contributed by atoms with Gasteiger partial charge in [0.1, 0.15) is 23.1 Å². The second kappa shape index (κ2) is 9.76. The maximum Gasteiger partial charge on any atom is 0.327 e. The normalized spacial score (nSPS) is 35.0. The molecule has 3 aliphatic rings. The minimum absolute atomic E-state index is 0.0196. The average molecular weight is 483 g/mol. The summed E-state index contributed by atoms with van der Waals surface area (Å²) in [6, 6.07) is -1.59. The van der Waals surface area contributed by atoms with Crippen molar-refractivity contribution in [2.24, 2.45) is 17.8 Å². The van der Waals surface area contributed by atoms with Crippen molar-refractivity contribution in [3.8, 4) is 0 Å². The lowest BCUT2D eigenvalue weighted by Gasteiger charge is -2.46. The van der Waals surface area contributed by atoms with Gasteiger partial charge in [-0.3, -0.25) is 9.59 Å². The number of nitrogens with zero attached hydrogens (tertiary/aromatic N) is 1. The van der Waals surface area contributed by atoms with Crippen LogP contribution in [0, 0.1) is 17.8 Å². The van der Waals surface area contributed by atoms with E-state index in [1.165, 1.54) is 23.1 Å². The van der Waals surface area contributed by atoms with E-state index >= 15 is 0 Å². The minimum Gasteiger partial charge on any atom is -0.480 e. The molecule has 3 fully saturated rings. The molecule has 2 aliphatic heterocycles. The molecule has 0 spiro atoms. The van der Waals surface area contributed by atoms with Gasteiger partial charge in [0.15, 0.2) is 0 Å². The van der Waals surface area contributed by atoms with Crippen LogP contribution in [0.1, 0.15) is 87.0 Å². The Balaban J connectivity index is 1.76. The highest BCUT2D eigenvalue weighted by atomic mass is 32.2. The summed E-state index contributed by atoms with van der Waals surface area (Å²) in [6.07, 6.45) is 5.66. The molecule has 0 aromatic carbocycles. The molecule has 0 unspecified atom stereocenters. The maximum atomic E-state index is 13.6. The standard InChI is InChI=1S/C25H42N2O5S/c1-8-9-12-25(7,32-17-13-15(4)10-11-16(17)14(2)3)23(31)26-18-20(28)27-19(22(29)30)24(5,6)33-21(18)27/h14-19,21H,8-13H2,1-7H3,(H,26,31)(H,29,30)/t15-,16-,17-,18-,19-,21-,25+/m1/s1. The van der Waals surface area contributed by atoms with Crippen molar-refractivity contribution in [1.82, 2.24) is 10.2 Å². The molecule has 33 heavy (non-hydrogen) atoms. The third kappa shape index (κ3) is 5.07. The highest BCUT2D eigenvalue weighted by Crippen LogP contribution is 2.51.